The monoisotopic (exact) mass is 508 g/mol. The van der Waals surface area contributed by atoms with Crippen LogP contribution >= 0.6 is 0 Å². The van der Waals surface area contributed by atoms with Crippen LogP contribution in [0.4, 0.5) is 22.0 Å². The van der Waals surface area contributed by atoms with Crippen molar-refractivity contribution < 1.29 is 28.1 Å². The molecular formula is C26H29F5N4O. The number of rotatable bonds is 5. The first-order valence-corrected chi connectivity index (χ1v) is 10.8. The molecule has 194 valence electrons. The molecule has 0 atom stereocenters. The lowest BCUT2D eigenvalue weighted by Crippen LogP contribution is -2.35. The van der Waals surface area contributed by atoms with Crippen molar-refractivity contribution in [2.24, 2.45) is 10.7 Å². The first-order valence-electron chi connectivity index (χ1n) is 10.8. The van der Waals surface area contributed by atoms with Crippen LogP contribution < -0.4 is 10.5 Å². The van der Waals surface area contributed by atoms with E-state index in [1.54, 1.807) is 57.4 Å². The van der Waals surface area contributed by atoms with Crippen molar-refractivity contribution in [3.8, 4) is 22.9 Å². The number of nitrogens with zero attached hydrogens (tertiary/aromatic N) is 3. The molecule has 1 aromatic heterocycles. The summed E-state index contributed by atoms with van der Waals surface area (Å²) in [6.07, 6.45) is -2.63. The fourth-order valence-corrected chi connectivity index (χ4v) is 3.10. The van der Waals surface area contributed by atoms with Gasteiger partial charge in [-0.2, -0.15) is 26.9 Å². The number of alkyl halides is 5. The molecule has 0 unspecified atom stereocenters. The molecule has 0 fully saturated rings. The Morgan fingerprint density at radius 2 is 1.53 bits per heavy atom. The first kappa shape index (κ1) is 28.4. The van der Waals surface area contributed by atoms with Crippen molar-refractivity contribution >= 4 is 6.21 Å². The standard InChI is InChI=1S/C21H17F5N2O.C5H10N2.H2/c1-12-8-4-6-10-15(12)18-17(20(22,23)21(24,25)26)19(28-14(3)27-18)29-16-11-7-5-9-13(16)2;1-5(3-6)4-7-2;/h4-11H,1-3H3;3-4H,6H2,1-2H3;1H/b;5-3-,7-4?;. The summed E-state index contributed by atoms with van der Waals surface area (Å²) in [5.74, 6) is -5.92. The molecule has 36 heavy (non-hydrogen) atoms. The van der Waals surface area contributed by atoms with Gasteiger partial charge >= 0.3 is 12.1 Å². The van der Waals surface area contributed by atoms with Crippen molar-refractivity contribution in [2.75, 3.05) is 7.05 Å². The summed E-state index contributed by atoms with van der Waals surface area (Å²) in [4.78, 5) is 11.5. The summed E-state index contributed by atoms with van der Waals surface area (Å²) in [7, 11) is 1.72. The Kier molecular flexibility index (Phi) is 9.27. The van der Waals surface area contributed by atoms with E-state index < -0.39 is 29.2 Å². The van der Waals surface area contributed by atoms with Gasteiger partial charge in [0.1, 0.15) is 17.1 Å². The van der Waals surface area contributed by atoms with E-state index in [-0.39, 0.29) is 18.6 Å². The zero-order valence-corrected chi connectivity index (χ0v) is 20.5. The predicted octanol–water partition coefficient (Wildman–Crippen LogP) is 7.31. The Morgan fingerprint density at radius 3 is 2.03 bits per heavy atom. The van der Waals surface area contributed by atoms with Gasteiger partial charge in [-0.1, -0.05) is 42.5 Å². The van der Waals surface area contributed by atoms with Gasteiger partial charge in [0.15, 0.2) is 0 Å². The molecule has 0 aliphatic rings. The molecule has 0 saturated carbocycles. The van der Waals surface area contributed by atoms with Gasteiger partial charge in [0.05, 0.1) is 5.69 Å². The van der Waals surface area contributed by atoms with Crippen LogP contribution in [0.2, 0.25) is 0 Å². The number of allylic oxidation sites excluding steroid dienone is 1. The zero-order valence-electron chi connectivity index (χ0n) is 20.5. The van der Waals surface area contributed by atoms with Crippen LogP contribution in [0.1, 0.15) is 30.9 Å². The SMILES string of the molecule is CN=C/C(C)=C\N.Cc1nc(Oc2ccccc2C)c(C(F)(F)C(F)(F)F)c(-c2ccccc2C)n1.[HH]. The van der Waals surface area contributed by atoms with Gasteiger partial charge in [-0.05, 0) is 56.7 Å². The summed E-state index contributed by atoms with van der Waals surface area (Å²) in [6, 6.07) is 12.6. The smallest absolute Gasteiger partial charge is 0.438 e. The number of benzene rings is 2. The minimum Gasteiger partial charge on any atom is -0.438 e. The van der Waals surface area contributed by atoms with Crippen molar-refractivity contribution in [3.63, 3.8) is 0 Å². The number of aromatic nitrogens is 2. The van der Waals surface area contributed by atoms with Crippen LogP contribution in [0.3, 0.4) is 0 Å². The van der Waals surface area contributed by atoms with E-state index in [0.717, 1.165) is 5.57 Å². The number of nitrogens with two attached hydrogens (primary N) is 1. The van der Waals surface area contributed by atoms with Crippen LogP contribution in [0.15, 0.2) is 65.3 Å². The topological polar surface area (TPSA) is 73.4 Å². The summed E-state index contributed by atoms with van der Waals surface area (Å²) in [5.41, 5.74) is 5.37. The maximum absolute atomic E-state index is 14.7. The lowest BCUT2D eigenvalue weighted by Gasteiger charge is -2.25. The van der Waals surface area contributed by atoms with E-state index in [2.05, 4.69) is 15.0 Å². The number of ether oxygens (including phenoxy) is 1. The second-order valence-electron chi connectivity index (χ2n) is 7.85. The highest BCUT2D eigenvalue weighted by Gasteiger charge is 2.62. The Labute approximate surface area is 208 Å². The Bertz CT molecular complexity index is 1260. The van der Waals surface area contributed by atoms with Crippen molar-refractivity contribution in [3.05, 3.63) is 82.8 Å². The molecule has 0 amide bonds. The van der Waals surface area contributed by atoms with Crippen molar-refractivity contribution in [1.82, 2.24) is 9.97 Å². The molecule has 0 aliphatic carbocycles. The van der Waals surface area contributed by atoms with Crippen LogP contribution in [0, 0.1) is 20.8 Å². The summed E-state index contributed by atoms with van der Waals surface area (Å²) < 4.78 is 74.8. The largest absolute Gasteiger partial charge is 0.458 e. The Hall–Kier alpha value is -3.82. The van der Waals surface area contributed by atoms with E-state index in [0.29, 0.717) is 11.1 Å². The second-order valence-corrected chi connectivity index (χ2v) is 7.85. The predicted molar refractivity (Wildman–Crippen MR) is 133 cm³/mol. The van der Waals surface area contributed by atoms with E-state index in [4.69, 9.17) is 10.5 Å². The molecule has 0 radical (unpaired) electrons. The number of para-hydroxylation sites is 1. The van der Waals surface area contributed by atoms with Crippen LogP contribution in [-0.2, 0) is 5.92 Å². The third kappa shape index (κ3) is 6.65. The quantitative estimate of drug-likeness (QED) is 0.290. The third-order valence-electron chi connectivity index (χ3n) is 4.95. The van der Waals surface area contributed by atoms with Gasteiger partial charge < -0.3 is 10.5 Å². The van der Waals surface area contributed by atoms with Crippen LogP contribution in [0.5, 0.6) is 11.6 Å². The lowest BCUT2D eigenvalue weighted by molar-refractivity contribution is -0.289. The van der Waals surface area contributed by atoms with Gasteiger partial charge in [-0.3, -0.25) is 4.99 Å². The van der Waals surface area contributed by atoms with Gasteiger partial charge in [-0.15, -0.1) is 0 Å². The highest BCUT2D eigenvalue weighted by atomic mass is 19.4. The third-order valence-corrected chi connectivity index (χ3v) is 4.95. The van der Waals surface area contributed by atoms with E-state index in [9.17, 15) is 22.0 Å². The van der Waals surface area contributed by atoms with Gasteiger partial charge in [0, 0.05) is 20.3 Å². The number of hydrogen-bond donors (Lipinski definition) is 1. The molecular weight excluding hydrogens is 479 g/mol. The van der Waals surface area contributed by atoms with Gasteiger partial charge in [-0.25, -0.2) is 4.98 Å². The average molecular weight is 509 g/mol. The molecule has 3 aromatic rings. The number of hydrogen-bond acceptors (Lipinski definition) is 5. The molecule has 1 heterocycles. The maximum Gasteiger partial charge on any atom is 0.458 e. The number of halogens is 5. The summed E-state index contributed by atoms with van der Waals surface area (Å²) >= 11 is 0. The van der Waals surface area contributed by atoms with Gasteiger partial charge in [0.25, 0.3) is 0 Å². The molecule has 10 heteroatoms. The van der Waals surface area contributed by atoms with Crippen LogP contribution in [0.25, 0.3) is 11.3 Å². The highest BCUT2D eigenvalue weighted by molar-refractivity contribution is 5.77. The summed E-state index contributed by atoms with van der Waals surface area (Å²) in [5, 5.41) is 0. The average Bonchev–Trinajstić information content (AvgIpc) is 2.80. The highest BCUT2D eigenvalue weighted by Crippen LogP contribution is 2.50. The summed E-state index contributed by atoms with van der Waals surface area (Å²) in [6.45, 7) is 6.55. The van der Waals surface area contributed by atoms with E-state index >= 15 is 0 Å². The fourth-order valence-electron chi connectivity index (χ4n) is 3.10. The lowest BCUT2D eigenvalue weighted by atomic mass is 9.98. The molecule has 2 aromatic carbocycles. The molecule has 0 spiro atoms. The van der Waals surface area contributed by atoms with Crippen LogP contribution in [-0.4, -0.2) is 29.4 Å². The van der Waals surface area contributed by atoms with Crippen molar-refractivity contribution in [2.45, 2.75) is 39.8 Å². The minimum absolute atomic E-state index is 0. The zero-order chi connectivity index (χ0) is 27.1. The minimum atomic E-state index is -5.85. The molecule has 2 N–H and O–H groups in total. The molecule has 5 nitrogen and oxygen atoms in total. The molecule has 0 aliphatic heterocycles. The van der Waals surface area contributed by atoms with Crippen molar-refractivity contribution in [1.29, 1.82) is 0 Å². The first-order chi connectivity index (χ1) is 16.8. The fraction of sp³-hybridized carbons (Fsp3) is 0.269. The maximum atomic E-state index is 14.7. The normalized spacial score (nSPS) is 12.3. The Balaban J connectivity index is 0.000000754. The molecule has 0 bridgehead atoms. The molecule has 0 saturated heterocycles. The second kappa shape index (κ2) is 11.7. The molecule has 3 rings (SSSR count). The van der Waals surface area contributed by atoms with E-state index in [1.807, 2.05) is 6.92 Å². The van der Waals surface area contributed by atoms with E-state index in [1.165, 1.54) is 31.3 Å². The van der Waals surface area contributed by atoms with Gasteiger partial charge in [0.2, 0.25) is 5.88 Å². The number of aliphatic imine (C=N–C) groups is 1. The number of aryl methyl sites for hydroxylation is 3. The Morgan fingerprint density at radius 1 is 0.944 bits per heavy atom.